The Morgan fingerprint density at radius 2 is 1.93 bits per heavy atom. The molecule has 0 radical (unpaired) electrons. The summed E-state index contributed by atoms with van der Waals surface area (Å²) in [5.41, 5.74) is 1.68. The quantitative estimate of drug-likeness (QED) is 0.781. The molecule has 1 saturated heterocycles. The van der Waals surface area contributed by atoms with E-state index in [1.165, 1.54) is 12.8 Å². The summed E-state index contributed by atoms with van der Waals surface area (Å²) in [6.45, 7) is 3.41. The highest BCUT2D eigenvalue weighted by molar-refractivity contribution is 5.90. The third-order valence-corrected chi connectivity index (χ3v) is 5.35. The maximum absolute atomic E-state index is 12.5. The van der Waals surface area contributed by atoms with Crippen LogP contribution in [0.1, 0.15) is 31.2 Å². The Morgan fingerprint density at radius 3 is 2.76 bits per heavy atom. The molecule has 4 rings (SSSR count). The number of amides is 2. The Morgan fingerprint density at radius 1 is 1.14 bits per heavy atom. The van der Waals surface area contributed by atoms with E-state index in [4.69, 9.17) is 9.47 Å². The first-order chi connectivity index (χ1) is 14.3. The SMILES string of the molecule is O=C(NCc1cccnc1N1CCOCC1)Nc1ccccc1OC1CCCC1. The topological polar surface area (TPSA) is 75.7 Å². The Hall–Kier alpha value is -2.80. The molecule has 2 aliphatic rings. The van der Waals surface area contributed by atoms with Gasteiger partial charge in [-0.3, -0.25) is 0 Å². The minimum Gasteiger partial charge on any atom is -0.488 e. The number of hydrogen-bond acceptors (Lipinski definition) is 5. The lowest BCUT2D eigenvalue weighted by molar-refractivity contribution is 0.122. The van der Waals surface area contributed by atoms with Crippen molar-refractivity contribution in [1.29, 1.82) is 0 Å². The molecule has 7 heteroatoms. The predicted octanol–water partition coefficient (Wildman–Crippen LogP) is 3.56. The van der Waals surface area contributed by atoms with Crippen LogP contribution in [0.2, 0.25) is 0 Å². The molecule has 0 unspecified atom stereocenters. The number of aromatic nitrogens is 1. The zero-order chi connectivity index (χ0) is 19.9. The average molecular weight is 396 g/mol. The second-order valence-corrected chi connectivity index (χ2v) is 7.41. The third-order valence-electron chi connectivity index (χ3n) is 5.35. The molecule has 2 amide bonds. The van der Waals surface area contributed by atoms with Crippen molar-refractivity contribution in [2.45, 2.75) is 38.3 Å². The van der Waals surface area contributed by atoms with Crippen LogP contribution in [0.5, 0.6) is 5.75 Å². The fraction of sp³-hybridized carbons (Fsp3) is 0.455. The Bertz CT molecular complexity index is 817. The van der Waals surface area contributed by atoms with Gasteiger partial charge in [-0.2, -0.15) is 0 Å². The molecule has 2 aromatic rings. The van der Waals surface area contributed by atoms with Gasteiger partial charge in [-0.05, 0) is 43.9 Å². The first-order valence-electron chi connectivity index (χ1n) is 10.4. The molecule has 2 heterocycles. The summed E-state index contributed by atoms with van der Waals surface area (Å²) in [6.07, 6.45) is 6.59. The van der Waals surface area contributed by atoms with Gasteiger partial charge in [0.15, 0.2) is 0 Å². The number of urea groups is 1. The number of carbonyl (C=O) groups excluding carboxylic acids is 1. The lowest BCUT2D eigenvalue weighted by Crippen LogP contribution is -2.38. The number of carbonyl (C=O) groups is 1. The second kappa shape index (κ2) is 9.60. The van der Waals surface area contributed by atoms with Crippen molar-refractivity contribution in [3.8, 4) is 5.75 Å². The Kier molecular flexibility index (Phi) is 6.46. The number of hydrogen-bond donors (Lipinski definition) is 2. The number of nitrogens with one attached hydrogen (secondary N) is 2. The maximum atomic E-state index is 12.5. The van der Waals surface area contributed by atoms with Crippen molar-refractivity contribution in [1.82, 2.24) is 10.3 Å². The number of morpholine rings is 1. The molecule has 29 heavy (non-hydrogen) atoms. The molecular formula is C22H28N4O3. The third kappa shape index (κ3) is 5.17. The lowest BCUT2D eigenvalue weighted by Gasteiger charge is -2.29. The molecule has 154 valence electrons. The van der Waals surface area contributed by atoms with E-state index < -0.39 is 0 Å². The van der Waals surface area contributed by atoms with E-state index in [1.54, 1.807) is 6.20 Å². The van der Waals surface area contributed by atoms with Crippen LogP contribution in [0.3, 0.4) is 0 Å². The molecule has 0 bridgehead atoms. The van der Waals surface area contributed by atoms with Crippen molar-refractivity contribution in [3.63, 3.8) is 0 Å². The number of ether oxygens (including phenoxy) is 2. The normalized spacial score (nSPS) is 17.2. The van der Waals surface area contributed by atoms with E-state index in [0.717, 1.165) is 43.1 Å². The smallest absolute Gasteiger partial charge is 0.319 e. The Labute approximate surface area is 171 Å². The predicted molar refractivity (Wildman–Crippen MR) is 112 cm³/mol. The van der Waals surface area contributed by atoms with Gasteiger partial charge in [0.1, 0.15) is 11.6 Å². The minimum absolute atomic E-state index is 0.243. The van der Waals surface area contributed by atoms with E-state index in [2.05, 4.69) is 20.5 Å². The molecule has 7 nitrogen and oxygen atoms in total. The molecule has 2 N–H and O–H groups in total. The summed E-state index contributed by atoms with van der Waals surface area (Å²) in [5.74, 6) is 1.63. The van der Waals surface area contributed by atoms with Crippen molar-refractivity contribution in [2.75, 3.05) is 36.5 Å². The number of anilines is 2. The fourth-order valence-electron chi connectivity index (χ4n) is 3.83. The number of nitrogens with zero attached hydrogens (tertiary/aromatic N) is 2. The molecule has 1 saturated carbocycles. The highest BCUT2D eigenvalue weighted by atomic mass is 16.5. The zero-order valence-corrected chi connectivity index (χ0v) is 16.6. The standard InChI is InChI=1S/C22H28N4O3/c27-22(25-19-9-3-4-10-20(19)29-18-7-1-2-8-18)24-16-17-6-5-11-23-21(17)26-12-14-28-15-13-26/h3-6,9-11,18H,1-2,7-8,12-16H2,(H2,24,25,27). The first kappa shape index (κ1) is 19.5. The molecule has 1 aromatic carbocycles. The molecule has 1 aliphatic carbocycles. The van der Waals surface area contributed by atoms with Crippen molar-refractivity contribution in [2.24, 2.45) is 0 Å². The van der Waals surface area contributed by atoms with Crippen LogP contribution >= 0.6 is 0 Å². The molecular weight excluding hydrogens is 368 g/mol. The van der Waals surface area contributed by atoms with Crippen LogP contribution in [0.4, 0.5) is 16.3 Å². The summed E-state index contributed by atoms with van der Waals surface area (Å²) >= 11 is 0. The molecule has 0 spiro atoms. The highest BCUT2D eigenvalue weighted by Gasteiger charge is 2.19. The van der Waals surface area contributed by atoms with Gasteiger partial charge in [-0.1, -0.05) is 18.2 Å². The summed E-state index contributed by atoms with van der Waals surface area (Å²) in [6, 6.07) is 11.2. The van der Waals surface area contributed by atoms with Crippen LogP contribution in [0.25, 0.3) is 0 Å². The summed E-state index contributed by atoms with van der Waals surface area (Å²) in [7, 11) is 0. The minimum atomic E-state index is -0.260. The monoisotopic (exact) mass is 396 g/mol. The van der Waals surface area contributed by atoms with Gasteiger partial charge in [0.2, 0.25) is 0 Å². The van der Waals surface area contributed by atoms with Gasteiger partial charge in [0, 0.05) is 31.4 Å². The van der Waals surface area contributed by atoms with E-state index in [9.17, 15) is 4.79 Å². The number of para-hydroxylation sites is 2. The van der Waals surface area contributed by atoms with Crippen LogP contribution < -0.4 is 20.3 Å². The fourth-order valence-corrected chi connectivity index (χ4v) is 3.83. The number of pyridine rings is 1. The van der Waals surface area contributed by atoms with Gasteiger partial charge in [0.25, 0.3) is 0 Å². The zero-order valence-electron chi connectivity index (χ0n) is 16.6. The molecule has 0 atom stereocenters. The van der Waals surface area contributed by atoms with Crippen molar-refractivity contribution in [3.05, 3.63) is 48.2 Å². The van der Waals surface area contributed by atoms with Gasteiger partial charge in [0.05, 0.1) is 25.0 Å². The summed E-state index contributed by atoms with van der Waals surface area (Å²) < 4.78 is 11.5. The second-order valence-electron chi connectivity index (χ2n) is 7.41. The Balaban J connectivity index is 1.36. The highest BCUT2D eigenvalue weighted by Crippen LogP contribution is 2.29. The van der Waals surface area contributed by atoms with Crippen LogP contribution in [-0.2, 0) is 11.3 Å². The molecule has 1 aliphatic heterocycles. The van der Waals surface area contributed by atoms with Gasteiger partial charge in [-0.15, -0.1) is 0 Å². The van der Waals surface area contributed by atoms with E-state index in [1.807, 2.05) is 36.4 Å². The molecule has 1 aromatic heterocycles. The largest absolute Gasteiger partial charge is 0.488 e. The van der Waals surface area contributed by atoms with Crippen molar-refractivity contribution < 1.29 is 14.3 Å². The average Bonchev–Trinajstić information content (AvgIpc) is 3.28. The van der Waals surface area contributed by atoms with Crippen LogP contribution in [0.15, 0.2) is 42.6 Å². The summed E-state index contributed by atoms with van der Waals surface area (Å²) in [5, 5.41) is 5.87. The van der Waals surface area contributed by atoms with E-state index in [-0.39, 0.29) is 12.1 Å². The number of rotatable bonds is 6. The molecule has 2 fully saturated rings. The summed E-state index contributed by atoms with van der Waals surface area (Å²) in [4.78, 5) is 19.2. The van der Waals surface area contributed by atoms with Crippen LogP contribution in [-0.4, -0.2) is 43.4 Å². The van der Waals surface area contributed by atoms with Crippen LogP contribution in [0, 0.1) is 0 Å². The maximum Gasteiger partial charge on any atom is 0.319 e. The van der Waals surface area contributed by atoms with E-state index >= 15 is 0 Å². The first-order valence-corrected chi connectivity index (χ1v) is 10.4. The van der Waals surface area contributed by atoms with Gasteiger partial charge >= 0.3 is 6.03 Å². The van der Waals surface area contributed by atoms with Gasteiger partial charge < -0.3 is 25.0 Å². The van der Waals surface area contributed by atoms with Crippen molar-refractivity contribution >= 4 is 17.5 Å². The lowest BCUT2D eigenvalue weighted by atomic mass is 10.2. The number of benzene rings is 1. The van der Waals surface area contributed by atoms with E-state index in [0.29, 0.717) is 25.4 Å². The van der Waals surface area contributed by atoms with Gasteiger partial charge in [-0.25, -0.2) is 9.78 Å².